The van der Waals surface area contributed by atoms with E-state index in [0.717, 1.165) is 52.3 Å². The number of aromatic nitrogens is 3. The van der Waals surface area contributed by atoms with Crippen LogP contribution in [-0.4, -0.2) is 44.6 Å². The number of aryl methyl sites for hydroxylation is 3. The van der Waals surface area contributed by atoms with Crippen LogP contribution in [0, 0.1) is 20.8 Å². The number of hydrogen-bond donors (Lipinski definition) is 1. The van der Waals surface area contributed by atoms with Crippen molar-refractivity contribution < 1.29 is 9.53 Å². The lowest BCUT2D eigenvalue weighted by atomic mass is 9.92. The first-order valence-corrected chi connectivity index (χ1v) is 13.1. The maximum atomic E-state index is 12.4. The van der Waals surface area contributed by atoms with Crippen molar-refractivity contribution in [2.45, 2.75) is 65.9 Å². The van der Waals surface area contributed by atoms with Crippen LogP contribution in [0.5, 0.6) is 0 Å². The van der Waals surface area contributed by atoms with E-state index in [0.29, 0.717) is 19.0 Å². The number of aromatic amines is 1. The molecule has 1 aliphatic rings. The standard InChI is InChI=1S/C31H36N4O2/c1-19-15-25(16-20(2)33-19)29-21(3)26-9-7-23(17-28(26)34-29)24-8-10-27(32-18-24)22-11-13-35(14-12-22)30(36)37-31(4,5)6/h7-10,15-18,22,34H,11-14H2,1-6H3. The van der Waals surface area contributed by atoms with E-state index in [1.165, 1.54) is 16.5 Å². The molecule has 3 aromatic heterocycles. The number of carbonyl (C=O) groups excluding carboxylic acids is 1. The molecule has 37 heavy (non-hydrogen) atoms. The summed E-state index contributed by atoms with van der Waals surface area (Å²) < 4.78 is 5.52. The topological polar surface area (TPSA) is 71.1 Å². The molecular weight excluding hydrogens is 460 g/mol. The SMILES string of the molecule is Cc1cc(-c2[nH]c3cc(-c4ccc(C5CCN(C(=O)OC(C)(C)C)CC5)nc4)ccc3c2C)cc(C)n1. The first-order chi connectivity index (χ1) is 17.6. The molecule has 192 valence electrons. The van der Waals surface area contributed by atoms with Gasteiger partial charge in [0.15, 0.2) is 0 Å². The molecule has 4 aromatic rings. The Kier molecular flexibility index (Phi) is 6.52. The Bertz CT molecular complexity index is 1420. The average molecular weight is 497 g/mol. The number of pyridine rings is 2. The lowest BCUT2D eigenvalue weighted by molar-refractivity contribution is 0.0204. The number of ether oxygens (including phenoxy) is 1. The Morgan fingerprint density at radius 2 is 1.62 bits per heavy atom. The first-order valence-electron chi connectivity index (χ1n) is 13.1. The van der Waals surface area contributed by atoms with Crippen molar-refractivity contribution in [3.8, 4) is 22.4 Å². The lowest BCUT2D eigenvalue weighted by Crippen LogP contribution is -2.41. The molecular formula is C31H36N4O2. The van der Waals surface area contributed by atoms with Crippen molar-refractivity contribution >= 4 is 17.0 Å². The number of likely N-dealkylation sites (tertiary alicyclic amines) is 1. The molecule has 0 aliphatic carbocycles. The summed E-state index contributed by atoms with van der Waals surface area (Å²) in [6, 6.07) is 15.1. The highest BCUT2D eigenvalue weighted by molar-refractivity contribution is 5.93. The Hall–Kier alpha value is -3.67. The Balaban J connectivity index is 1.31. The molecule has 0 atom stereocenters. The van der Waals surface area contributed by atoms with Gasteiger partial charge in [0.2, 0.25) is 0 Å². The fourth-order valence-electron chi connectivity index (χ4n) is 5.29. The number of benzene rings is 1. The Morgan fingerprint density at radius 1 is 0.946 bits per heavy atom. The van der Waals surface area contributed by atoms with Crippen molar-refractivity contribution in [2.24, 2.45) is 0 Å². The van der Waals surface area contributed by atoms with Crippen LogP contribution in [0.2, 0.25) is 0 Å². The quantitative estimate of drug-likeness (QED) is 0.322. The number of piperidine rings is 1. The number of nitrogens with zero attached hydrogens (tertiary/aromatic N) is 3. The van der Waals surface area contributed by atoms with Crippen LogP contribution in [0.1, 0.15) is 62.2 Å². The van der Waals surface area contributed by atoms with Crippen molar-refractivity contribution in [2.75, 3.05) is 13.1 Å². The van der Waals surface area contributed by atoms with Gasteiger partial charge in [0.1, 0.15) is 5.60 Å². The molecule has 5 rings (SSSR count). The van der Waals surface area contributed by atoms with Gasteiger partial charge in [-0.25, -0.2) is 4.79 Å². The molecule has 1 amide bonds. The fraction of sp³-hybridized carbons (Fsp3) is 0.387. The van der Waals surface area contributed by atoms with Gasteiger partial charge in [-0.3, -0.25) is 9.97 Å². The molecule has 4 heterocycles. The molecule has 0 radical (unpaired) electrons. The Labute approximate surface area is 219 Å². The molecule has 1 N–H and O–H groups in total. The van der Waals surface area contributed by atoms with E-state index < -0.39 is 5.60 Å². The van der Waals surface area contributed by atoms with Crippen molar-refractivity contribution in [3.63, 3.8) is 0 Å². The van der Waals surface area contributed by atoms with Gasteiger partial charge in [0, 0.05) is 70.0 Å². The summed E-state index contributed by atoms with van der Waals surface area (Å²) in [5, 5.41) is 1.23. The van der Waals surface area contributed by atoms with Gasteiger partial charge in [0.25, 0.3) is 0 Å². The zero-order chi connectivity index (χ0) is 26.3. The number of hydrogen-bond acceptors (Lipinski definition) is 4. The molecule has 1 fully saturated rings. The summed E-state index contributed by atoms with van der Waals surface area (Å²) in [4.78, 5) is 27.2. The number of H-pyrrole nitrogens is 1. The van der Waals surface area contributed by atoms with E-state index in [1.807, 2.05) is 45.7 Å². The second-order valence-electron chi connectivity index (χ2n) is 11.2. The number of fused-ring (bicyclic) bond motifs is 1. The van der Waals surface area contributed by atoms with Crippen LogP contribution in [-0.2, 0) is 4.74 Å². The zero-order valence-corrected chi connectivity index (χ0v) is 22.7. The van der Waals surface area contributed by atoms with Crippen LogP contribution >= 0.6 is 0 Å². The number of carbonyl (C=O) groups is 1. The van der Waals surface area contributed by atoms with E-state index in [9.17, 15) is 4.79 Å². The summed E-state index contributed by atoms with van der Waals surface area (Å²) in [6.07, 6.45) is 3.55. The van der Waals surface area contributed by atoms with Crippen LogP contribution in [0.15, 0.2) is 48.7 Å². The molecule has 1 aliphatic heterocycles. The normalized spacial score (nSPS) is 14.8. The smallest absolute Gasteiger partial charge is 0.410 e. The van der Waals surface area contributed by atoms with E-state index >= 15 is 0 Å². The third kappa shape index (κ3) is 5.38. The molecule has 1 aromatic carbocycles. The Morgan fingerprint density at radius 3 is 2.24 bits per heavy atom. The number of nitrogens with one attached hydrogen (secondary N) is 1. The van der Waals surface area contributed by atoms with Crippen molar-refractivity contribution in [1.29, 1.82) is 0 Å². The second-order valence-corrected chi connectivity index (χ2v) is 11.2. The van der Waals surface area contributed by atoms with Crippen LogP contribution in [0.3, 0.4) is 0 Å². The second kappa shape index (κ2) is 9.66. The van der Waals surface area contributed by atoms with E-state index in [1.54, 1.807) is 0 Å². The number of rotatable bonds is 3. The highest BCUT2D eigenvalue weighted by Gasteiger charge is 2.28. The molecule has 0 bridgehead atoms. The molecule has 6 heteroatoms. The maximum Gasteiger partial charge on any atom is 0.410 e. The molecule has 0 spiro atoms. The minimum Gasteiger partial charge on any atom is -0.444 e. The lowest BCUT2D eigenvalue weighted by Gasteiger charge is -2.33. The van der Waals surface area contributed by atoms with Gasteiger partial charge in [-0.15, -0.1) is 0 Å². The summed E-state index contributed by atoms with van der Waals surface area (Å²) in [5.41, 5.74) is 9.60. The van der Waals surface area contributed by atoms with Gasteiger partial charge in [-0.05, 0) is 89.8 Å². The largest absolute Gasteiger partial charge is 0.444 e. The summed E-state index contributed by atoms with van der Waals surface area (Å²) in [5.74, 6) is 0.358. The summed E-state index contributed by atoms with van der Waals surface area (Å²) in [7, 11) is 0. The molecule has 1 saturated heterocycles. The monoisotopic (exact) mass is 496 g/mol. The van der Waals surface area contributed by atoms with Crippen molar-refractivity contribution in [3.05, 3.63) is 71.3 Å². The highest BCUT2D eigenvalue weighted by Crippen LogP contribution is 2.34. The van der Waals surface area contributed by atoms with Crippen LogP contribution in [0.25, 0.3) is 33.3 Å². The number of amides is 1. The minimum absolute atomic E-state index is 0.221. The van der Waals surface area contributed by atoms with E-state index in [-0.39, 0.29) is 6.09 Å². The molecule has 0 saturated carbocycles. The van der Waals surface area contributed by atoms with E-state index in [2.05, 4.69) is 59.4 Å². The van der Waals surface area contributed by atoms with Gasteiger partial charge < -0.3 is 14.6 Å². The first kappa shape index (κ1) is 25.0. The van der Waals surface area contributed by atoms with Gasteiger partial charge in [-0.1, -0.05) is 18.2 Å². The third-order valence-corrected chi connectivity index (χ3v) is 7.11. The fourth-order valence-corrected chi connectivity index (χ4v) is 5.29. The zero-order valence-electron chi connectivity index (χ0n) is 22.7. The predicted molar refractivity (Wildman–Crippen MR) is 149 cm³/mol. The van der Waals surface area contributed by atoms with Crippen LogP contribution < -0.4 is 0 Å². The van der Waals surface area contributed by atoms with Crippen LogP contribution in [0.4, 0.5) is 4.79 Å². The van der Waals surface area contributed by atoms with Gasteiger partial charge >= 0.3 is 6.09 Å². The highest BCUT2D eigenvalue weighted by atomic mass is 16.6. The average Bonchev–Trinajstić information content (AvgIpc) is 3.18. The predicted octanol–water partition coefficient (Wildman–Crippen LogP) is 7.33. The maximum absolute atomic E-state index is 12.4. The summed E-state index contributed by atoms with van der Waals surface area (Å²) >= 11 is 0. The van der Waals surface area contributed by atoms with Gasteiger partial charge in [0.05, 0.1) is 0 Å². The van der Waals surface area contributed by atoms with Crippen molar-refractivity contribution in [1.82, 2.24) is 19.9 Å². The minimum atomic E-state index is -0.466. The third-order valence-electron chi connectivity index (χ3n) is 7.11. The molecule has 6 nitrogen and oxygen atoms in total. The summed E-state index contributed by atoms with van der Waals surface area (Å²) in [6.45, 7) is 13.3. The molecule has 0 unspecified atom stereocenters. The van der Waals surface area contributed by atoms with Gasteiger partial charge in [-0.2, -0.15) is 0 Å². The van der Waals surface area contributed by atoms with E-state index in [4.69, 9.17) is 9.72 Å².